The summed E-state index contributed by atoms with van der Waals surface area (Å²) in [6.45, 7) is 5.40. The molecule has 7 heteroatoms. The van der Waals surface area contributed by atoms with Gasteiger partial charge in [-0.25, -0.2) is 0 Å². The number of nitrogens with one attached hydrogen (secondary N) is 2. The second-order valence-corrected chi connectivity index (χ2v) is 6.16. The molecule has 7 nitrogen and oxygen atoms in total. The molecule has 1 aromatic carbocycles. The third-order valence-corrected chi connectivity index (χ3v) is 4.57. The van der Waals surface area contributed by atoms with E-state index in [-0.39, 0.29) is 0 Å². The lowest BCUT2D eigenvalue weighted by Crippen LogP contribution is -2.36. The highest BCUT2D eigenvalue weighted by atomic mass is 16.5. The van der Waals surface area contributed by atoms with Crippen molar-refractivity contribution in [3.8, 4) is 11.5 Å². The van der Waals surface area contributed by atoms with E-state index in [1.54, 1.807) is 21.3 Å². The van der Waals surface area contributed by atoms with Crippen LogP contribution in [0.4, 0.5) is 0 Å². The van der Waals surface area contributed by atoms with E-state index < -0.39 is 0 Å². The number of methoxy groups -OCH3 is 2. The zero-order valence-corrected chi connectivity index (χ0v) is 16.8. The molecule has 0 fully saturated rings. The highest BCUT2D eigenvalue weighted by molar-refractivity contribution is 5.79. The summed E-state index contributed by atoms with van der Waals surface area (Å²) in [5.41, 5.74) is 2.00. The molecule has 1 heterocycles. The maximum atomic E-state index is 5.46. The predicted octanol–water partition coefficient (Wildman–Crippen LogP) is 3.46. The zero-order chi connectivity index (χ0) is 19.6. The number of hydrogen-bond donors (Lipinski definition) is 2. The van der Waals surface area contributed by atoms with Crippen molar-refractivity contribution >= 4 is 5.96 Å². The highest BCUT2D eigenvalue weighted by Crippen LogP contribution is 2.30. The van der Waals surface area contributed by atoms with Crippen LogP contribution in [0.15, 0.2) is 33.8 Å². The topological polar surface area (TPSA) is 80.9 Å². The molecular weight excluding hydrogens is 344 g/mol. The van der Waals surface area contributed by atoms with Crippen LogP contribution < -0.4 is 20.1 Å². The lowest BCUT2D eigenvalue weighted by Gasteiger charge is -2.15. The molecule has 0 saturated carbocycles. The van der Waals surface area contributed by atoms with Gasteiger partial charge in [0.25, 0.3) is 0 Å². The molecule has 0 saturated heterocycles. The smallest absolute Gasteiger partial charge is 0.191 e. The second-order valence-electron chi connectivity index (χ2n) is 6.16. The lowest BCUT2D eigenvalue weighted by atomic mass is 9.99. The zero-order valence-electron chi connectivity index (χ0n) is 16.8. The van der Waals surface area contributed by atoms with Crippen LogP contribution >= 0.6 is 0 Å². The average molecular weight is 374 g/mol. The van der Waals surface area contributed by atoms with Gasteiger partial charge in [-0.15, -0.1) is 0 Å². The van der Waals surface area contributed by atoms with E-state index >= 15 is 0 Å². The molecule has 0 aliphatic heterocycles. The van der Waals surface area contributed by atoms with Crippen molar-refractivity contribution in [2.75, 3.05) is 21.3 Å². The van der Waals surface area contributed by atoms with Crippen molar-refractivity contribution < 1.29 is 14.0 Å². The molecule has 0 aliphatic carbocycles. The number of benzene rings is 1. The Morgan fingerprint density at radius 1 is 1.15 bits per heavy atom. The SMILES string of the molecule is CCC(CC)c1cc(CNC(=NC)NCc2cccc(OC)c2OC)on1. The molecule has 0 spiro atoms. The minimum atomic E-state index is 0.445. The summed E-state index contributed by atoms with van der Waals surface area (Å²) in [7, 11) is 4.99. The molecule has 1 aromatic heterocycles. The molecule has 0 atom stereocenters. The number of rotatable bonds is 9. The van der Waals surface area contributed by atoms with Gasteiger partial charge in [0.15, 0.2) is 23.2 Å². The maximum absolute atomic E-state index is 5.46. The Hall–Kier alpha value is -2.70. The Morgan fingerprint density at radius 3 is 2.52 bits per heavy atom. The van der Waals surface area contributed by atoms with Gasteiger partial charge in [0.1, 0.15) is 0 Å². The van der Waals surface area contributed by atoms with E-state index in [1.165, 1.54) is 0 Å². The van der Waals surface area contributed by atoms with Gasteiger partial charge in [0.05, 0.1) is 26.5 Å². The first-order chi connectivity index (χ1) is 13.2. The van der Waals surface area contributed by atoms with Gasteiger partial charge in [-0.3, -0.25) is 4.99 Å². The van der Waals surface area contributed by atoms with Gasteiger partial charge in [0, 0.05) is 31.1 Å². The quantitative estimate of drug-likeness (QED) is 0.517. The molecule has 0 amide bonds. The molecule has 0 radical (unpaired) electrons. The first kappa shape index (κ1) is 20.6. The highest BCUT2D eigenvalue weighted by Gasteiger charge is 2.13. The van der Waals surface area contributed by atoms with Crippen LogP contribution in [0.2, 0.25) is 0 Å². The van der Waals surface area contributed by atoms with Gasteiger partial charge in [-0.1, -0.05) is 31.1 Å². The third kappa shape index (κ3) is 5.39. The van der Waals surface area contributed by atoms with Gasteiger partial charge in [-0.2, -0.15) is 0 Å². The molecule has 2 aromatic rings. The number of ether oxygens (including phenoxy) is 2. The average Bonchev–Trinajstić information content (AvgIpc) is 3.17. The molecule has 2 rings (SSSR count). The van der Waals surface area contributed by atoms with Gasteiger partial charge >= 0.3 is 0 Å². The molecule has 2 N–H and O–H groups in total. The summed E-state index contributed by atoms with van der Waals surface area (Å²) < 4.78 is 16.2. The first-order valence-electron chi connectivity index (χ1n) is 9.26. The van der Waals surface area contributed by atoms with E-state index in [9.17, 15) is 0 Å². The maximum Gasteiger partial charge on any atom is 0.191 e. The minimum absolute atomic E-state index is 0.445. The van der Waals surface area contributed by atoms with Crippen LogP contribution in [0.1, 0.15) is 49.6 Å². The van der Waals surface area contributed by atoms with Crippen LogP contribution in [0.3, 0.4) is 0 Å². The summed E-state index contributed by atoms with van der Waals surface area (Å²) in [6.07, 6.45) is 2.11. The standard InChI is InChI=1S/C20H30N4O3/c1-6-14(7-2)17-11-16(27-24-17)13-23-20(21-3)22-12-15-9-8-10-18(25-4)19(15)26-5/h8-11,14H,6-7,12-13H2,1-5H3,(H2,21,22,23). The molecular formula is C20H30N4O3. The van der Waals surface area contributed by atoms with E-state index in [1.807, 2.05) is 24.3 Å². The van der Waals surface area contributed by atoms with Gasteiger partial charge < -0.3 is 24.6 Å². The Bertz CT molecular complexity index is 739. The van der Waals surface area contributed by atoms with Gasteiger partial charge in [0.2, 0.25) is 0 Å². The largest absolute Gasteiger partial charge is 0.493 e. The Kier molecular flexibility index (Phi) is 7.98. The molecule has 0 bridgehead atoms. The van der Waals surface area contributed by atoms with Crippen LogP contribution in [0, 0.1) is 0 Å². The molecule has 0 aliphatic rings. The monoisotopic (exact) mass is 374 g/mol. The fraction of sp³-hybridized carbons (Fsp3) is 0.500. The summed E-state index contributed by atoms with van der Waals surface area (Å²) in [5.74, 6) is 3.32. The lowest BCUT2D eigenvalue weighted by molar-refractivity contribution is 0.351. The molecule has 27 heavy (non-hydrogen) atoms. The number of aliphatic imine (C=N–C) groups is 1. The second kappa shape index (κ2) is 10.4. The van der Waals surface area contributed by atoms with Crippen molar-refractivity contribution in [3.63, 3.8) is 0 Å². The van der Waals surface area contributed by atoms with Crippen molar-refractivity contribution in [3.05, 3.63) is 41.3 Å². The van der Waals surface area contributed by atoms with Crippen molar-refractivity contribution in [2.45, 2.75) is 45.7 Å². The van der Waals surface area contributed by atoms with Crippen LogP contribution in [0.25, 0.3) is 0 Å². The van der Waals surface area contributed by atoms with Crippen LogP contribution in [-0.4, -0.2) is 32.4 Å². The summed E-state index contributed by atoms with van der Waals surface area (Å²) in [5, 5.41) is 10.7. The number of hydrogen-bond acceptors (Lipinski definition) is 5. The minimum Gasteiger partial charge on any atom is -0.493 e. The summed E-state index contributed by atoms with van der Waals surface area (Å²) in [4.78, 5) is 4.25. The van der Waals surface area contributed by atoms with E-state index in [0.29, 0.717) is 36.5 Å². The van der Waals surface area contributed by atoms with Crippen molar-refractivity contribution in [1.29, 1.82) is 0 Å². The number of guanidine groups is 1. The number of aromatic nitrogens is 1. The van der Waals surface area contributed by atoms with E-state index in [2.05, 4.69) is 34.6 Å². The number of para-hydroxylation sites is 1. The van der Waals surface area contributed by atoms with E-state index in [0.717, 1.165) is 29.9 Å². The van der Waals surface area contributed by atoms with Gasteiger partial charge in [-0.05, 0) is 18.9 Å². The Morgan fingerprint density at radius 2 is 1.89 bits per heavy atom. The van der Waals surface area contributed by atoms with Crippen molar-refractivity contribution in [1.82, 2.24) is 15.8 Å². The van der Waals surface area contributed by atoms with Crippen molar-refractivity contribution in [2.24, 2.45) is 4.99 Å². The summed E-state index contributed by atoms with van der Waals surface area (Å²) in [6, 6.07) is 7.81. The summed E-state index contributed by atoms with van der Waals surface area (Å²) >= 11 is 0. The number of nitrogens with zero attached hydrogens (tertiary/aromatic N) is 2. The fourth-order valence-electron chi connectivity index (χ4n) is 2.97. The van der Waals surface area contributed by atoms with E-state index in [4.69, 9.17) is 14.0 Å². The van der Waals surface area contributed by atoms with Crippen LogP contribution in [-0.2, 0) is 13.1 Å². The predicted molar refractivity (Wildman–Crippen MR) is 106 cm³/mol. The molecule has 0 unspecified atom stereocenters. The normalized spacial score (nSPS) is 11.6. The Balaban J connectivity index is 1.94. The van der Waals surface area contributed by atoms with Crippen LogP contribution in [0.5, 0.6) is 11.5 Å². The Labute approximate surface area is 161 Å². The third-order valence-electron chi connectivity index (χ3n) is 4.57. The fourth-order valence-corrected chi connectivity index (χ4v) is 2.97. The molecule has 148 valence electrons. The first-order valence-corrected chi connectivity index (χ1v) is 9.26.